The van der Waals surface area contributed by atoms with Crippen LogP contribution >= 0.6 is 0 Å². The van der Waals surface area contributed by atoms with Gasteiger partial charge in [-0.05, 0) is 0 Å². The molecule has 6 bridgehead atoms. The van der Waals surface area contributed by atoms with Gasteiger partial charge in [0.15, 0.2) is 0 Å². The smallest absolute Gasteiger partial charge is 0.199 e. The Labute approximate surface area is 116 Å². The molecule has 0 atom stereocenters. The first-order chi connectivity index (χ1) is 10.3. The molecule has 1 aliphatic rings. The molecule has 0 aromatic carbocycles. The Kier molecular flexibility index (Phi) is 2.42. The molecule has 1 aliphatic heterocycles. The van der Waals surface area contributed by atoms with Crippen LogP contribution in [0.5, 0.6) is 0 Å². The number of hydrogen-bond donors (Lipinski definition) is 0. The second kappa shape index (κ2) is 4.52. The Hall–Kier alpha value is -3.57. The molecule has 99 valence electrons. The van der Waals surface area contributed by atoms with E-state index in [1.807, 2.05) is 0 Å². The highest BCUT2D eigenvalue weighted by Gasteiger charge is 2.13. The van der Waals surface area contributed by atoms with E-state index in [2.05, 4.69) is 60.8 Å². The maximum absolute atomic E-state index is 4.05. The van der Waals surface area contributed by atoms with Crippen molar-refractivity contribution < 1.29 is 0 Å². The van der Waals surface area contributed by atoms with Gasteiger partial charge in [0.2, 0.25) is 0 Å². The van der Waals surface area contributed by atoms with Gasteiger partial charge in [0.05, 0.1) is 0 Å². The quantitative estimate of drug-likeness (QED) is 0.403. The van der Waals surface area contributed by atoms with E-state index >= 15 is 0 Å². The average Bonchev–Trinajstić information content (AvgIpc) is 2.47. The molecule has 3 aromatic heterocycles. The van der Waals surface area contributed by atoms with Crippen LogP contribution in [-0.2, 0) is 0 Å². The van der Waals surface area contributed by atoms with Crippen LogP contribution in [0.15, 0.2) is 19.0 Å². The summed E-state index contributed by atoms with van der Waals surface area (Å²) in [6.45, 7) is 0. The van der Waals surface area contributed by atoms with Crippen LogP contribution in [-0.4, -0.2) is 44.9 Å². The minimum atomic E-state index is 0.107. The topological polar surface area (TPSA) is 158 Å². The van der Waals surface area contributed by atoms with Crippen molar-refractivity contribution in [3.8, 4) is 0 Å². The summed E-state index contributed by atoms with van der Waals surface area (Å²) in [5.74, 6) is 0.643. The van der Waals surface area contributed by atoms with Gasteiger partial charge in [-0.25, -0.2) is 0 Å². The predicted molar refractivity (Wildman–Crippen MR) is 63.8 cm³/mol. The van der Waals surface area contributed by atoms with Crippen LogP contribution in [0.1, 0.15) is 0 Å². The third-order valence-corrected chi connectivity index (χ3v) is 2.24. The van der Waals surface area contributed by atoms with Crippen molar-refractivity contribution in [1.29, 1.82) is 0 Å². The second-order valence-corrected chi connectivity index (χ2v) is 3.59. The summed E-state index contributed by atoms with van der Waals surface area (Å²) in [6.07, 6.45) is 3.81. The highest BCUT2D eigenvalue weighted by Crippen LogP contribution is 2.15. The van der Waals surface area contributed by atoms with Crippen molar-refractivity contribution in [3.63, 3.8) is 0 Å². The Balaban J connectivity index is 1.87. The lowest BCUT2D eigenvalue weighted by Gasteiger charge is -2.05. The van der Waals surface area contributed by atoms with Gasteiger partial charge in [-0.3, -0.25) is 0 Å². The first-order valence-corrected chi connectivity index (χ1v) is 5.57. The largest absolute Gasteiger partial charge is 0.257 e. The molecule has 0 saturated heterocycles. The molecule has 3 aromatic rings. The molecule has 12 heteroatoms. The summed E-state index contributed by atoms with van der Waals surface area (Å²) in [5, 5.41) is 12.1. The standard InChI is InChI=1S/C9H3N12/c1-10-4-16-5(11-1)20-7-13-3-15-9(18-7)21-8-14-2-12-6(17-8)19-4/h1-3H. The van der Waals surface area contributed by atoms with E-state index in [9.17, 15) is 0 Å². The molecular formula is C9H3N12. The number of fused-ring (bicyclic) bond motifs is 6. The minimum Gasteiger partial charge on any atom is -0.199 e. The monoisotopic (exact) mass is 279 g/mol. The Morgan fingerprint density at radius 3 is 0.857 bits per heavy atom. The van der Waals surface area contributed by atoms with Crippen molar-refractivity contribution in [1.82, 2.24) is 60.8 Å². The molecule has 4 heterocycles. The molecule has 0 spiro atoms. The predicted octanol–water partition coefficient (Wildman–Crippen LogP) is -0.742. The highest BCUT2D eigenvalue weighted by atomic mass is 15.3. The third kappa shape index (κ3) is 2.32. The van der Waals surface area contributed by atoms with E-state index in [1.165, 1.54) is 19.0 Å². The molecule has 4 rings (SSSR count). The molecular weight excluding hydrogens is 276 g/mol. The number of rotatable bonds is 0. The lowest BCUT2D eigenvalue weighted by Crippen LogP contribution is -2.09. The molecule has 0 amide bonds. The zero-order valence-electron chi connectivity index (χ0n) is 10.1. The average molecular weight is 279 g/mol. The van der Waals surface area contributed by atoms with Gasteiger partial charge in [0, 0.05) is 0 Å². The van der Waals surface area contributed by atoms with E-state index < -0.39 is 0 Å². The zero-order chi connectivity index (χ0) is 14.1. The van der Waals surface area contributed by atoms with Crippen LogP contribution in [0.4, 0.5) is 35.7 Å². The van der Waals surface area contributed by atoms with Gasteiger partial charge in [0.25, 0.3) is 35.7 Å². The fraction of sp³-hybridized carbons (Fsp3) is 0. The lowest BCUT2D eigenvalue weighted by molar-refractivity contribution is 0.818. The first kappa shape index (κ1) is 11.3. The normalized spacial score (nSPS) is 12.0. The van der Waals surface area contributed by atoms with Gasteiger partial charge in [-0.15, -0.1) is 0 Å². The second-order valence-electron chi connectivity index (χ2n) is 3.59. The Morgan fingerprint density at radius 2 is 0.619 bits per heavy atom. The van der Waals surface area contributed by atoms with Crippen LogP contribution < -0.4 is 16.0 Å². The first-order valence-electron chi connectivity index (χ1n) is 5.57. The summed E-state index contributed by atoms with van der Waals surface area (Å²) in [7, 11) is 0. The molecule has 21 heavy (non-hydrogen) atoms. The van der Waals surface area contributed by atoms with Crippen LogP contribution in [0.25, 0.3) is 0 Å². The van der Waals surface area contributed by atoms with Crippen LogP contribution in [0, 0.1) is 0 Å². The van der Waals surface area contributed by atoms with Crippen molar-refractivity contribution >= 4 is 35.7 Å². The van der Waals surface area contributed by atoms with E-state index in [0.717, 1.165) is 0 Å². The third-order valence-electron chi connectivity index (χ3n) is 2.24. The summed E-state index contributed by atoms with van der Waals surface area (Å²) >= 11 is 0. The Morgan fingerprint density at radius 1 is 0.381 bits per heavy atom. The Bertz CT molecular complexity index is 644. The fourth-order valence-corrected chi connectivity index (χ4v) is 1.43. The SMILES string of the molecule is c1nc2nc(n1)[N]c1ncnc(n1)[N]c1ncnc(n1)[N]2. The zero-order valence-corrected chi connectivity index (χ0v) is 10.1. The number of nitrogens with zero attached hydrogens (tertiary/aromatic N) is 12. The number of aromatic nitrogens is 9. The molecule has 0 saturated carbocycles. The maximum atomic E-state index is 4.05. The summed E-state index contributed by atoms with van der Waals surface area (Å²) in [4.78, 5) is 35.4. The van der Waals surface area contributed by atoms with Gasteiger partial charge in [0.1, 0.15) is 19.0 Å². The highest BCUT2D eigenvalue weighted by molar-refractivity contribution is 5.38. The van der Waals surface area contributed by atoms with Crippen molar-refractivity contribution in [2.75, 3.05) is 0 Å². The summed E-state index contributed by atoms with van der Waals surface area (Å²) in [6, 6.07) is 0. The van der Waals surface area contributed by atoms with E-state index in [0.29, 0.717) is 0 Å². The van der Waals surface area contributed by atoms with Gasteiger partial charge >= 0.3 is 0 Å². The van der Waals surface area contributed by atoms with E-state index in [-0.39, 0.29) is 35.7 Å². The van der Waals surface area contributed by atoms with Gasteiger partial charge < -0.3 is 0 Å². The summed E-state index contributed by atoms with van der Waals surface area (Å²) < 4.78 is 0. The van der Waals surface area contributed by atoms with E-state index in [1.54, 1.807) is 0 Å². The lowest BCUT2D eigenvalue weighted by atomic mass is 10.7. The van der Waals surface area contributed by atoms with Crippen LogP contribution in [0.3, 0.4) is 0 Å². The number of hydrogen-bond acceptors (Lipinski definition) is 9. The van der Waals surface area contributed by atoms with Gasteiger partial charge in [-0.1, -0.05) is 0 Å². The van der Waals surface area contributed by atoms with E-state index in [4.69, 9.17) is 0 Å². The summed E-state index contributed by atoms with van der Waals surface area (Å²) in [5.41, 5.74) is 0. The minimum absolute atomic E-state index is 0.107. The molecule has 0 unspecified atom stereocenters. The van der Waals surface area contributed by atoms with Crippen LogP contribution in [0.2, 0.25) is 0 Å². The van der Waals surface area contributed by atoms with Gasteiger partial charge in [-0.2, -0.15) is 60.8 Å². The molecule has 0 N–H and O–H groups in total. The fourth-order valence-electron chi connectivity index (χ4n) is 1.43. The molecule has 0 aliphatic carbocycles. The van der Waals surface area contributed by atoms with Crippen molar-refractivity contribution in [3.05, 3.63) is 19.0 Å². The molecule has 12 nitrogen and oxygen atoms in total. The molecule has 3 radical (unpaired) electrons. The van der Waals surface area contributed by atoms with Crippen molar-refractivity contribution in [2.24, 2.45) is 0 Å². The maximum Gasteiger partial charge on any atom is 0.257 e. The molecule has 0 fully saturated rings. The van der Waals surface area contributed by atoms with Crippen molar-refractivity contribution in [2.45, 2.75) is 0 Å².